The summed E-state index contributed by atoms with van der Waals surface area (Å²) in [4.78, 5) is 2.42. The highest BCUT2D eigenvalue weighted by molar-refractivity contribution is 4.97. The zero-order valence-corrected chi connectivity index (χ0v) is 10.0. The molecule has 0 spiro atoms. The molecule has 0 aromatic heterocycles. The summed E-state index contributed by atoms with van der Waals surface area (Å²) in [5.74, 6) is 0.885. The average molecular weight is 212 g/mol. The molecule has 2 heterocycles. The molecule has 2 rings (SSSR count). The number of fused-ring (bicyclic) bond motifs is 2. The van der Waals surface area contributed by atoms with Crippen LogP contribution in [0.1, 0.15) is 26.2 Å². The predicted octanol–water partition coefficient (Wildman–Crippen LogP) is 1.10. The zero-order chi connectivity index (χ0) is 10.7. The quantitative estimate of drug-likeness (QED) is 0.667. The standard InChI is InChI=1S/C12H24N2O/c1-3-15-7-6-14(2)9-10-8-11-4-5-12(10)13-11/h10-13H,3-9H2,1-2H3. The zero-order valence-electron chi connectivity index (χ0n) is 10.0. The molecule has 2 saturated heterocycles. The third-order valence-electron chi connectivity index (χ3n) is 3.80. The van der Waals surface area contributed by atoms with E-state index < -0.39 is 0 Å². The third-order valence-corrected chi connectivity index (χ3v) is 3.80. The van der Waals surface area contributed by atoms with Crippen LogP contribution in [0.5, 0.6) is 0 Å². The van der Waals surface area contributed by atoms with Gasteiger partial charge in [0.15, 0.2) is 0 Å². The van der Waals surface area contributed by atoms with Crippen LogP contribution < -0.4 is 5.32 Å². The van der Waals surface area contributed by atoms with Crippen LogP contribution in [0.3, 0.4) is 0 Å². The Morgan fingerprint density at radius 3 is 2.87 bits per heavy atom. The van der Waals surface area contributed by atoms with Gasteiger partial charge in [-0.25, -0.2) is 0 Å². The van der Waals surface area contributed by atoms with E-state index in [1.165, 1.54) is 25.8 Å². The molecule has 0 aliphatic carbocycles. The number of hydrogen-bond acceptors (Lipinski definition) is 3. The highest BCUT2D eigenvalue weighted by atomic mass is 16.5. The average Bonchev–Trinajstić information content (AvgIpc) is 2.79. The molecule has 3 unspecified atom stereocenters. The van der Waals surface area contributed by atoms with Gasteiger partial charge in [-0.15, -0.1) is 0 Å². The van der Waals surface area contributed by atoms with Gasteiger partial charge in [0.1, 0.15) is 0 Å². The molecule has 15 heavy (non-hydrogen) atoms. The first kappa shape index (κ1) is 11.4. The second kappa shape index (κ2) is 5.28. The van der Waals surface area contributed by atoms with Gasteiger partial charge in [-0.05, 0) is 39.2 Å². The van der Waals surface area contributed by atoms with Crippen LogP contribution in [0.4, 0.5) is 0 Å². The van der Waals surface area contributed by atoms with Gasteiger partial charge in [-0.2, -0.15) is 0 Å². The van der Waals surface area contributed by atoms with E-state index in [0.717, 1.165) is 37.8 Å². The van der Waals surface area contributed by atoms with Crippen molar-refractivity contribution in [2.75, 3.05) is 33.4 Å². The van der Waals surface area contributed by atoms with Crippen LogP contribution in [0.15, 0.2) is 0 Å². The van der Waals surface area contributed by atoms with Crippen molar-refractivity contribution in [3.8, 4) is 0 Å². The lowest BCUT2D eigenvalue weighted by Crippen LogP contribution is -2.34. The Hall–Kier alpha value is -0.120. The molecular weight excluding hydrogens is 188 g/mol. The molecule has 1 N–H and O–H groups in total. The van der Waals surface area contributed by atoms with Crippen LogP contribution in [0, 0.1) is 5.92 Å². The van der Waals surface area contributed by atoms with Crippen molar-refractivity contribution in [3.63, 3.8) is 0 Å². The van der Waals surface area contributed by atoms with E-state index in [-0.39, 0.29) is 0 Å². The highest BCUT2D eigenvalue weighted by Gasteiger charge is 2.38. The summed E-state index contributed by atoms with van der Waals surface area (Å²) in [7, 11) is 2.21. The molecule has 2 bridgehead atoms. The van der Waals surface area contributed by atoms with E-state index in [0.29, 0.717) is 0 Å². The maximum Gasteiger partial charge on any atom is 0.0593 e. The summed E-state index contributed by atoms with van der Waals surface area (Å²) in [6.45, 7) is 6.08. The maximum absolute atomic E-state index is 5.37. The van der Waals surface area contributed by atoms with Gasteiger partial charge in [0, 0.05) is 31.8 Å². The monoisotopic (exact) mass is 212 g/mol. The van der Waals surface area contributed by atoms with Crippen molar-refractivity contribution in [2.45, 2.75) is 38.3 Å². The molecule has 0 radical (unpaired) electrons. The van der Waals surface area contributed by atoms with E-state index in [1.54, 1.807) is 0 Å². The predicted molar refractivity (Wildman–Crippen MR) is 62.0 cm³/mol. The van der Waals surface area contributed by atoms with Crippen LogP contribution in [-0.4, -0.2) is 50.3 Å². The molecule has 88 valence electrons. The molecule has 2 aliphatic rings. The van der Waals surface area contributed by atoms with E-state index in [1.807, 2.05) is 0 Å². The van der Waals surface area contributed by atoms with Crippen molar-refractivity contribution in [1.29, 1.82) is 0 Å². The topological polar surface area (TPSA) is 24.5 Å². The number of rotatable bonds is 6. The van der Waals surface area contributed by atoms with E-state index in [4.69, 9.17) is 4.74 Å². The molecule has 0 saturated carbocycles. The first-order valence-electron chi connectivity index (χ1n) is 6.32. The molecule has 0 amide bonds. The number of hydrogen-bond donors (Lipinski definition) is 1. The number of nitrogens with zero attached hydrogens (tertiary/aromatic N) is 1. The number of likely N-dealkylation sites (N-methyl/N-ethyl adjacent to an activating group) is 1. The summed E-state index contributed by atoms with van der Waals surface area (Å²) in [5, 5.41) is 3.69. The molecule has 3 heteroatoms. The van der Waals surface area contributed by atoms with Crippen molar-refractivity contribution < 1.29 is 4.74 Å². The Morgan fingerprint density at radius 2 is 2.27 bits per heavy atom. The Bertz CT molecular complexity index is 198. The van der Waals surface area contributed by atoms with Gasteiger partial charge in [0.05, 0.1) is 6.61 Å². The first-order chi connectivity index (χ1) is 7.29. The van der Waals surface area contributed by atoms with Crippen molar-refractivity contribution >= 4 is 0 Å². The largest absolute Gasteiger partial charge is 0.380 e. The number of ether oxygens (including phenoxy) is 1. The van der Waals surface area contributed by atoms with Crippen LogP contribution in [0.2, 0.25) is 0 Å². The Labute approximate surface area is 93.2 Å². The lowest BCUT2D eigenvalue weighted by Gasteiger charge is -2.26. The Kier molecular flexibility index (Phi) is 4.00. The van der Waals surface area contributed by atoms with Crippen molar-refractivity contribution in [1.82, 2.24) is 10.2 Å². The lowest BCUT2D eigenvalue weighted by molar-refractivity contribution is 0.114. The molecule has 0 aromatic carbocycles. The Balaban J connectivity index is 1.64. The minimum atomic E-state index is 0.810. The molecule has 3 atom stereocenters. The van der Waals surface area contributed by atoms with Gasteiger partial charge < -0.3 is 15.0 Å². The SMILES string of the molecule is CCOCCN(C)CC1CC2CCC1N2. The fourth-order valence-corrected chi connectivity index (χ4v) is 3.00. The normalized spacial score (nSPS) is 34.2. The molecule has 2 fully saturated rings. The van der Waals surface area contributed by atoms with E-state index in [9.17, 15) is 0 Å². The van der Waals surface area contributed by atoms with Gasteiger partial charge in [-0.3, -0.25) is 0 Å². The third kappa shape index (κ3) is 2.92. The summed E-state index contributed by atoms with van der Waals surface area (Å²) in [5.41, 5.74) is 0. The van der Waals surface area contributed by atoms with Crippen LogP contribution in [0.25, 0.3) is 0 Å². The minimum Gasteiger partial charge on any atom is -0.380 e. The fraction of sp³-hybridized carbons (Fsp3) is 1.00. The van der Waals surface area contributed by atoms with Gasteiger partial charge >= 0.3 is 0 Å². The summed E-state index contributed by atoms with van der Waals surface area (Å²) >= 11 is 0. The van der Waals surface area contributed by atoms with Crippen molar-refractivity contribution in [3.05, 3.63) is 0 Å². The summed E-state index contributed by atoms with van der Waals surface area (Å²) < 4.78 is 5.37. The van der Waals surface area contributed by atoms with Gasteiger partial charge in [-0.1, -0.05) is 0 Å². The lowest BCUT2D eigenvalue weighted by atomic mass is 9.89. The molecular formula is C12H24N2O. The highest BCUT2D eigenvalue weighted by Crippen LogP contribution is 2.33. The Morgan fingerprint density at radius 1 is 1.40 bits per heavy atom. The van der Waals surface area contributed by atoms with Gasteiger partial charge in [0.2, 0.25) is 0 Å². The maximum atomic E-state index is 5.37. The van der Waals surface area contributed by atoms with Crippen LogP contribution in [-0.2, 0) is 4.74 Å². The van der Waals surface area contributed by atoms with Crippen LogP contribution >= 0.6 is 0 Å². The van der Waals surface area contributed by atoms with Gasteiger partial charge in [0.25, 0.3) is 0 Å². The molecule has 3 nitrogen and oxygen atoms in total. The fourth-order valence-electron chi connectivity index (χ4n) is 3.00. The molecule has 0 aromatic rings. The summed E-state index contributed by atoms with van der Waals surface area (Å²) in [6.07, 6.45) is 4.20. The first-order valence-corrected chi connectivity index (χ1v) is 6.32. The molecule has 2 aliphatic heterocycles. The van der Waals surface area contributed by atoms with E-state index >= 15 is 0 Å². The minimum absolute atomic E-state index is 0.810. The second-order valence-corrected chi connectivity index (χ2v) is 5.00. The number of nitrogens with one attached hydrogen (secondary N) is 1. The smallest absolute Gasteiger partial charge is 0.0593 e. The van der Waals surface area contributed by atoms with Crippen molar-refractivity contribution in [2.24, 2.45) is 5.92 Å². The second-order valence-electron chi connectivity index (χ2n) is 5.00. The summed E-state index contributed by atoms with van der Waals surface area (Å²) in [6, 6.07) is 1.64. The van der Waals surface area contributed by atoms with E-state index in [2.05, 4.69) is 24.2 Å².